The third kappa shape index (κ3) is 3.45. The number of fused-ring (bicyclic) bond motifs is 1. The molecular weight excluding hydrogens is 356 g/mol. The quantitative estimate of drug-likeness (QED) is 0.693. The van der Waals surface area contributed by atoms with Crippen LogP contribution in [-0.2, 0) is 0 Å². The number of piperazine rings is 1. The van der Waals surface area contributed by atoms with E-state index in [1.54, 1.807) is 0 Å². The molecule has 0 atom stereocenters. The molecule has 1 fully saturated rings. The number of hydrogen-bond acceptors (Lipinski definition) is 3. The van der Waals surface area contributed by atoms with Crippen LogP contribution in [0.1, 0.15) is 12.5 Å². The maximum Gasteiger partial charge on any atom is 0.0739 e. The van der Waals surface area contributed by atoms with Crippen molar-refractivity contribution in [3.8, 4) is 11.3 Å². The minimum Gasteiger partial charge on any atom is -0.372 e. The van der Waals surface area contributed by atoms with Crippen LogP contribution in [0.4, 0.5) is 0 Å². The minimum atomic E-state index is 0.712. The van der Waals surface area contributed by atoms with E-state index in [9.17, 15) is 0 Å². The lowest BCUT2D eigenvalue weighted by atomic mass is 10.1. The van der Waals surface area contributed by atoms with E-state index in [2.05, 4.69) is 47.0 Å². The van der Waals surface area contributed by atoms with Gasteiger partial charge in [0.1, 0.15) is 0 Å². The van der Waals surface area contributed by atoms with Gasteiger partial charge < -0.3 is 14.8 Å². The first-order valence-electron chi connectivity index (χ1n) is 9.11. The molecule has 3 aromatic rings. The first-order chi connectivity index (χ1) is 13.0. The van der Waals surface area contributed by atoms with Gasteiger partial charge in [-0.25, -0.2) is 4.98 Å². The average molecular weight is 379 g/mol. The molecule has 2 aromatic heterocycles. The zero-order chi connectivity index (χ0) is 19.0. The van der Waals surface area contributed by atoms with Crippen molar-refractivity contribution in [2.75, 3.05) is 26.2 Å². The van der Waals surface area contributed by atoms with E-state index < -0.39 is 0 Å². The second kappa shape index (κ2) is 7.12. The Labute approximate surface area is 164 Å². The van der Waals surface area contributed by atoms with Crippen LogP contribution in [0.5, 0.6) is 0 Å². The highest BCUT2D eigenvalue weighted by Gasteiger charge is 2.18. The monoisotopic (exact) mass is 378 g/mol. The van der Waals surface area contributed by atoms with Crippen molar-refractivity contribution < 1.29 is 0 Å². The fourth-order valence-corrected chi connectivity index (χ4v) is 3.80. The molecule has 5 heteroatoms. The van der Waals surface area contributed by atoms with Gasteiger partial charge in [0.05, 0.1) is 16.2 Å². The average Bonchev–Trinajstić information content (AvgIpc) is 3.22. The number of H-pyrrole nitrogens is 1. The molecule has 138 valence electrons. The molecule has 0 amide bonds. The first-order valence-corrected chi connectivity index (χ1v) is 9.49. The predicted octanol–water partition coefficient (Wildman–Crippen LogP) is 5.01. The maximum absolute atomic E-state index is 6.51. The van der Waals surface area contributed by atoms with Gasteiger partial charge in [-0.3, -0.25) is 0 Å². The Morgan fingerprint density at radius 2 is 1.81 bits per heavy atom. The Kier molecular flexibility index (Phi) is 4.66. The summed E-state index contributed by atoms with van der Waals surface area (Å²) in [4.78, 5) is 12.5. The molecule has 0 unspecified atom stereocenters. The van der Waals surface area contributed by atoms with Gasteiger partial charge in [-0.2, -0.15) is 0 Å². The summed E-state index contributed by atoms with van der Waals surface area (Å²) >= 11 is 6.51. The van der Waals surface area contributed by atoms with Crippen LogP contribution in [0.15, 0.2) is 61.6 Å². The Hall–Kier alpha value is -2.72. The summed E-state index contributed by atoms with van der Waals surface area (Å²) in [6, 6.07) is 10.1. The highest BCUT2D eigenvalue weighted by atomic mass is 35.5. The van der Waals surface area contributed by atoms with Gasteiger partial charge in [-0.1, -0.05) is 36.9 Å². The molecule has 1 aromatic carbocycles. The number of rotatable bonds is 4. The van der Waals surface area contributed by atoms with Gasteiger partial charge >= 0.3 is 0 Å². The SMILES string of the molecule is C=C(C)N1CCN(C(=C)c2ccc3c(Cl)cc(-c4cc[nH]c4)nc3c2)CC1. The molecule has 0 saturated carbocycles. The van der Waals surface area contributed by atoms with Crippen molar-refractivity contribution in [3.63, 3.8) is 0 Å². The van der Waals surface area contributed by atoms with Crippen LogP contribution in [-0.4, -0.2) is 45.9 Å². The van der Waals surface area contributed by atoms with Crippen molar-refractivity contribution in [1.29, 1.82) is 0 Å². The zero-order valence-corrected chi connectivity index (χ0v) is 16.3. The Morgan fingerprint density at radius 3 is 2.48 bits per heavy atom. The third-order valence-corrected chi connectivity index (χ3v) is 5.50. The molecule has 4 nitrogen and oxygen atoms in total. The number of nitrogens with one attached hydrogen (secondary N) is 1. The first kappa shape index (κ1) is 17.7. The number of pyridine rings is 1. The molecular formula is C22H23ClN4. The van der Waals surface area contributed by atoms with Gasteiger partial charge in [0.25, 0.3) is 0 Å². The van der Waals surface area contributed by atoms with Gasteiger partial charge in [0, 0.05) is 60.9 Å². The van der Waals surface area contributed by atoms with E-state index in [1.807, 2.05) is 30.6 Å². The van der Waals surface area contributed by atoms with Gasteiger partial charge in [0.2, 0.25) is 0 Å². The van der Waals surface area contributed by atoms with E-state index >= 15 is 0 Å². The van der Waals surface area contributed by atoms with Crippen molar-refractivity contribution in [2.24, 2.45) is 0 Å². The van der Waals surface area contributed by atoms with E-state index in [1.165, 1.54) is 0 Å². The molecule has 0 aliphatic carbocycles. The second-order valence-corrected chi connectivity index (χ2v) is 7.38. The fourth-order valence-electron chi connectivity index (χ4n) is 3.54. The normalized spacial score (nSPS) is 14.6. The number of benzene rings is 1. The number of aromatic amines is 1. The van der Waals surface area contributed by atoms with Crippen molar-refractivity contribution in [3.05, 3.63) is 72.2 Å². The Bertz CT molecular complexity index is 999. The van der Waals surface area contributed by atoms with E-state index in [-0.39, 0.29) is 0 Å². The number of hydrogen-bond donors (Lipinski definition) is 1. The summed E-state index contributed by atoms with van der Waals surface area (Å²) in [5.74, 6) is 0. The van der Waals surface area contributed by atoms with Crippen molar-refractivity contribution >= 4 is 28.2 Å². The van der Waals surface area contributed by atoms with Crippen LogP contribution in [0.25, 0.3) is 27.9 Å². The molecule has 27 heavy (non-hydrogen) atoms. The predicted molar refractivity (Wildman–Crippen MR) is 114 cm³/mol. The number of nitrogens with zero attached hydrogens (tertiary/aromatic N) is 3. The van der Waals surface area contributed by atoms with Crippen molar-refractivity contribution in [1.82, 2.24) is 19.8 Å². The smallest absolute Gasteiger partial charge is 0.0739 e. The lowest BCUT2D eigenvalue weighted by Gasteiger charge is -2.38. The van der Waals surface area contributed by atoms with E-state index in [0.29, 0.717) is 5.02 Å². The lowest BCUT2D eigenvalue weighted by Crippen LogP contribution is -2.44. The Morgan fingerprint density at radius 1 is 1.07 bits per heavy atom. The van der Waals surface area contributed by atoms with Crippen molar-refractivity contribution in [2.45, 2.75) is 6.92 Å². The van der Waals surface area contributed by atoms with Crippen LogP contribution in [0.2, 0.25) is 5.02 Å². The molecule has 1 aliphatic heterocycles. The van der Waals surface area contributed by atoms with E-state index in [4.69, 9.17) is 16.6 Å². The highest BCUT2D eigenvalue weighted by Crippen LogP contribution is 2.30. The topological polar surface area (TPSA) is 35.2 Å². The molecule has 1 N–H and O–H groups in total. The minimum absolute atomic E-state index is 0.712. The van der Waals surface area contributed by atoms with Crippen LogP contribution in [0.3, 0.4) is 0 Å². The van der Waals surface area contributed by atoms with Gasteiger partial charge in [-0.15, -0.1) is 0 Å². The fraction of sp³-hybridized carbons (Fsp3) is 0.227. The van der Waals surface area contributed by atoms with Crippen LogP contribution in [0, 0.1) is 0 Å². The molecule has 1 aliphatic rings. The number of halogens is 1. The molecule has 1 saturated heterocycles. The molecule has 0 radical (unpaired) electrons. The summed E-state index contributed by atoms with van der Waals surface area (Å²) in [7, 11) is 0. The zero-order valence-electron chi connectivity index (χ0n) is 15.5. The summed E-state index contributed by atoms with van der Waals surface area (Å²) in [6.07, 6.45) is 3.81. The van der Waals surface area contributed by atoms with Gasteiger partial charge in [-0.05, 0) is 30.7 Å². The second-order valence-electron chi connectivity index (χ2n) is 6.98. The van der Waals surface area contributed by atoms with E-state index in [0.717, 1.165) is 65.3 Å². The molecule has 0 bridgehead atoms. The largest absolute Gasteiger partial charge is 0.372 e. The van der Waals surface area contributed by atoms with Crippen LogP contribution < -0.4 is 0 Å². The third-order valence-electron chi connectivity index (χ3n) is 5.19. The van der Waals surface area contributed by atoms with Gasteiger partial charge in [0.15, 0.2) is 0 Å². The summed E-state index contributed by atoms with van der Waals surface area (Å²) < 4.78 is 0. The lowest BCUT2D eigenvalue weighted by molar-refractivity contribution is 0.215. The van der Waals surface area contributed by atoms with Crippen LogP contribution >= 0.6 is 11.6 Å². The number of aromatic nitrogens is 2. The number of allylic oxidation sites excluding steroid dienone is 1. The molecule has 3 heterocycles. The standard InChI is InChI=1S/C22H23ClN4/c1-15(2)26-8-10-27(11-9-26)16(3)17-4-5-19-20(23)13-21(25-22(19)12-17)18-6-7-24-14-18/h4-7,12-14,24H,1,3,8-11H2,2H3. The summed E-state index contributed by atoms with van der Waals surface area (Å²) in [5.41, 5.74) is 6.02. The Balaban J connectivity index is 1.63. The summed E-state index contributed by atoms with van der Waals surface area (Å²) in [6.45, 7) is 14.3. The molecule has 0 spiro atoms. The summed E-state index contributed by atoms with van der Waals surface area (Å²) in [5, 5.41) is 1.67. The molecule has 4 rings (SSSR count). The highest BCUT2D eigenvalue weighted by molar-refractivity contribution is 6.35. The maximum atomic E-state index is 6.51.